The van der Waals surface area contributed by atoms with Gasteiger partial charge >= 0.3 is 0 Å². The first kappa shape index (κ1) is 17.9. The van der Waals surface area contributed by atoms with E-state index in [2.05, 4.69) is 26.0 Å². The van der Waals surface area contributed by atoms with Gasteiger partial charge in [-0.2, -0.15) is 0 Å². The molecule has 2 bridgehead atoms. The highest BCUT2D eigenvalue weighted by atomic mass is 16.7. The number of ether oxygens (including phenoxy) is 2. The first-order chi connectivity index (χ1) is 13.5. The number of carbonyl (C=O) groups excluding carboxylic acids is 1. The Bertz CT molecular complexity index is 775. The van der Waals surface area contributed by atoms with Crippen molar-refractivity contribution in [3.8, 4) is 0 Å². The first-order valence-corrected chi connectivity index (χ1v) is 11.7. The summed E-state index contributed by atoms with van der Waals surface area (Å²) in [5, 5.41) is 0. The summed E-state index contributed by atoms with van der Waals surface area (Å²) in [6, 6.07) is 0. The smallest absolute Gasteiger partial charge is 0.233 e. The van der Waals surface area contributed by atoms with Crippen molar-refractivity contribution in [2.24, 2.45) is 34.0 Å². The van der Waals surface area contributed by atoms with Gasteiger partial charge in [-0.25, -0.2) is 0 Å². The molecule has 152 valence electrons. The zero-order valence-electron chi connectivity index (χ0n) is 17.5. The second-order valence-electron chi connectivity index (χ2n) is 10.8. The Kier molecular flexibility index (Phi) is 3.58. The third-order valence-electron chi connectivity index (χ3n) is 10.3. The minimum atomic E-state index is -0.957. The van der Waals surface area contributed by atoms with Gasteiger partial charge in [0, 0.05) is 6.42 Å². The van der Waals surface area contributed by atoms with E-state index < -0.39 is 5.79 Å². The Hall–Kier alpha value is -0.930. The molecule has 6 rings (SSSR count). The van der Waals surface area contributed by atoms with Gasteiger partial charge in [-0.15, -0.1) is 0 Å². The fourth-order valence-electron chi connectivity index (χ4n) is 9.04. The maximum Gasteiger partial charge on any atom is 0.233 e. The van der Waals surface area contributed by atoms with Crippen LogP contribution in [0.15, 0.2) is 23.8 Å². The molecule has 3 nitrogen and oxygen atoms in total. The summed E-state index contributed by atoms with van der Waals surface area (Å²) < 4.78 is 11.8. The molecule has 5 aliphatic carbocycles. The number of ketones is 1. The lowest BCUT2D eigenvalue weighted by molar-refractivity contribution is -0.189. The van der Waals surface area contributed by atoms with Gasteiger partial charge in [0.2, 0.25) is 11.6 Å². The molecule has 0 aromatic carbocycles. The fraction of sp³-hybridized carbons (Fsp3) is 0.800. The van der Waals surface area contributed by atoms with Crippen LogP contribution in [-0.4, -0.2) is 24.8 Å². The molecule has 6 atom stereocenters. The normalized spacial score (nSPS) is 50.4. The largest absolute Gasteiger partial charge is 0.341 e. The number of allylic oxidation sites excluding steroid dienone is 3. The highest BCUT2D eigenvalue weighted by Crippen LogP contribution is 2.79. The molecule has 4 fully saturated rings. The van der Waals surface area contributed by atoms with Gasteiger partial charge in [0.05, 0.1) is 13.2 Å². The Morgan fingerprint density at radius 3 is 2.64 bits per heavy atom. The average molecular weight is 383 g/mol. The molecule has 1 heterocycles. The minimum absolute atomic E-state index is 0.0668. The van der Waals surface area contributed by atoms with Crippen LogP contribution in [0.4, 0.5) is 0 Å². The zero-order valence-corrected chi connectivity index (χ0v) is 17.5. The van der Waals surface area contributed by atoms with Crippen molar-refractivity contribution in [1.29, 1.82) is 0 Å². The fourth-order valence-corrected chi connectivity index (χ4v) is 9.04. The molecular weight excluding hydrogens is 348 g/mol. The lowest BCUT2D eigenvalue weighted by Gasteiger charge is -2.60. The number of hydrogen-bond acceptors (Lipinski definition) is 3. The summed E-state index contributed by atoms with van der Waals surface area (Å²) in [5.41, 5.74) is 2.68. The predicted molar refractivity (Wildman–Crippen MR) is 108 cm³/mol. The highest BCUT2D eigenvalue weighted by molar-refractivity contribution is 5.97. The Morgan fingerprint density at radius 1 is 1.11 bits per heavy atom. The summed E-state index contributed by atoms with van der Waals surface area (Å²) in [4.78, 5) is 12.8. The molecule has 28 heavy (non-hydrogen) atoms. The Morgan fingerprint density at radius 2 is 1.93 bits per heavy atom. The van der Waals surface area contributed by atoms with Crippen LogP contribution in [0.25, 0.3) is 0 Å². The van der Waals surface area contributed by atoms with Crippen molar-refractivity contribution in [1.82, 2.24) is 0 Å². The first-order valence-electron chi connectivity index (χ1n) is 11.7. The van der Waals surface area contributed by atoms with E-state index in [-0.39, 0.29) is 5.78 Å². The molecule has 0 N–H and O–H groups in total. The van der Waals surface area contributed by atoms with Crippen LogP contribution in [0.5, 0.6) is 0 Å². The van der Waals surface area contributed by atoms with Gasteiger partial charge < -0.3 is 9.47 Å². The van der Waals surface area contributed by atoms with Gasteiger partial charge in [0.1, 0.15) is 0 Å². The van der Waals surface area contributed by atoms with Gasteiger partial charge in [-0.1, -0.05) is 38.0 Å². The van der Waals surface area contributed by atoms with Crippen LogP contribution < -0.4 is 0 Å². The lowest BCUT2D eigenvalue weighted by atomic mass is 9.44. The summed E-state index contributed by atoms with van der Waals surface area (Å²) in [5.74, 6) is 1.03. The molecule has 1 saturated heterocycles. The molecule has 0 radical (unpaired) electrons. The number of rotatable bonds is 2. The van der Waals surface area contributed by atoms with Crippen molar-refractivity contribution in [3.63, 3.8) is 0 Å². The van der Waals surface area contributed by atoms with E-state index in [1.807, 2.05) is 6.08 Å². The zero-order chi connectivity index (χ0) is 19.2. The van der Waals surface area contributed by atoms with Crippen molar-refractivity contribution in [2.75, 3.05) is 13.2 Å². The maximum atomic E-state index is 12.8. The molecule has 1 unspecified atom stereocenters. The molecule has 6 aliphatic rings. The quantitative estimate of drug-likeness (QED) is 0.615. The van der Waals surface area contributed by atoms with Crippen molar-refractivity contribution >= 4 is 5.78 Å². The summed E-state index contributed by atoms with van der Waals surface area (Å²) in [6.07, 6.45) is 18.4. The standard InChI is InChI=1S/C25H34O3/c1-3-7-23-9-11-24(12-10-23)20-5-4-17-15-21(26)25(27-13-14-28-25)16-19(17)18(20)6-8-22(23,24)2/h9,11,15,18-20H,3-8,10,12-14,16H2,1-2H3/t18-,19+,20-,22-,23+,24?/m1/s1. The van der Waals surface area contributed by atoms with E-state index in [1.54, 1.807) is 0 Å². The highest BCUT2D eigenvalue weighted by Gasteiger charge is 2.71. The summed E-state index contributed by atoms with van der Waals surface area (Å²) in [6.45, 7) is 6.10. The maximum absolute atomic E-state index is 12.8. The predicted octanol–water partition coefficient (Wildman–Crippen LogP) is 5.21. The van der Waals surface area contributed by atoms with Gasteiger partial charge in [0.15, 0.2) is 0 Å². The van der Waals surface area contributed by atoms with E-state index in [9.17, 15) is 4.79 Å². The molecule has 3 saturated carbocycles. The van der Waals surface area contributed by atoms with Crippen molar-refractivity contribution in [2.45, 2.75) is 77.4 Å². The van der Waals surface area contributed by atoms with Gasteiger partial charge in [-0.05, 0) is 85.0 Å². The Labute approximate surface area is 168 Å². The third kappa shape index (κ3) is 1.87. The van der Waals surface area contributed by atoms with Crippen LogP contribution in [0, 0.1) is 34.0 Å². The number of fused-ring (bicyclic) bond motifs is 3. The van der Waals surface area contributed by atoms with E-state index in [0.29, 0.717) is 41.3 Å². The van der Waals surface area contributed by atoms with E-state index >= 15 is 0 Å². The van der Waals surface area contributed by atoms with Gasteiger partial charge in [-0.3, -0.25) is 4.79 Å². The van der Waals surface area contributed by atoms with E-state index in [4.69, 9.17) is 9.47 Å². The van der Waals surface area contributed by atoms with Crippen LogP contribution >= 0.6 is 0 Å². The molecule has 0 amide bonds. The van der Waals surface area contributed by atoms with E-state index in [1.165, 1.54) is 50.5 Å². The van der Waals surface area contributed by atoms with Crippen molar-refractivity contribution < 1.29 is 14.3 Å². The number of carbonyl (C=O) groups is 1. The van der Waals surface area contributed by atoms with Crippen molar-refractivity contribution in [3.05, 3.63) is 23.8 Å². The third-order valence-corrected chi connectivity index (χ3v) is 10.3. The summed E-state index contributed by atoms with van der Waals surface area (Å²) >= 11 is 0. The molecule has 1 aliphatic heterocycles. The van der Waals surface area contributed by atoms with Gasteiger partial charge in [0.25, 0.3) is 0 Å². The molecule has 3 heteroatoms. The monoisotopic (exact) mass is 382 g/mol. The second kappa shape index (κ2) is 5.60. The minimum Gasteiger partial charge on any atom is -0.341 e. The van der Waals surface area contributed by atoms with E-state index in [0.717, 1.165) is 18.8 Å². The summed E-state index contributed by atoms with van der Waals surface area (Å²) in [7, 11) is 0. The number of hydrogen-bond donors (Lipinski definition) is 0. The Balaban J connectivity index is 1.37. The molecular formula is C25H34O3. The van der Waals surface area contributed by atoms with Crippen LogP contribution in [0.3, 0.4) is 0 Å². The second-order valence-corrected chi connectivity index (χ2v) is 10.8. The van der Waals surface area contributed by atoms with Crippen LogP contribution in [0.1, 0.15) is 71.6 Å². The van der Waals surface area contributed by atoms with Crippen LogP contribution in [0.2, 0.25) is 0 Å². The molecule has 1 spiro atoms. The van der Waals surface area contributed by atoms with Crippen LogP contribution in [-0.2, 0) is 14.3 Å². The lowest BCUT2D eigenvalue weighted by Crippen LogP contribution is -2.55. The molecule has 0 aromatic heterocycles. The average Bonchev–Trinajstić information content (AvgIpc) is 3.32. The molecule has 0 aromatic rings. The SMILES string of the molecule is CCC[C@]12C=CC3(CC1)[C@@H]1CCC4=CC(=O)C5(C[C@@H]4[C@H]1CC[C@@]32C)OCCO5. The topological polar surface area (TPSA) is 35.5 Å².